The molecule has 0 saturated carbocycles. The van der Waals surface area contributed by atoms with Crippen LogP contribution >= 0.6 is 0 Å². The fourth-order valence-corrected chi connectivity index (χ4v) is 2.68. The fourth-order valence-electron chi connectivity index (χ4n) is 2.68. The van der Waals surface area contributed by atoms with E-state index in [0.717, 1.165) is 21.9 Å². The van der Waals surface area contributed by atoms with Crippen molar-refractivity contribution in [2.75, 3.05) is 20.9 Å². The molecule has 0 unspecified atom stereocenters. The second kappa shape index (κ2) is 7.51. The molecule has 5 heteroatoms. The van der Waals surface area contributed by atoms with Crippen molar-refractivity contribution in [3.63, 3.8) is 0 Å². The molecule has 0 aliphatic rings. The highest BCUT2D eigenvalue weighted by molar-refractivity contribution is 5.91. The van der Waals surface area contributed by atoms with E-state index in [9.17, 15) is 9.18 Å². The smallest absolute Gasteiger partial charge is 0.412 e. The van der Waals surface area contributed by atoms with Crippen LogP contribution in [0.1, 0.15) is 37.8 Å². The first-order valence-corrected chi connectivity index (χ1v) is 8.07. The number of carbonyl (C=O) groups is 1. The summed E-state index contributed by atoms with van der Waals surface area (Å²) in [6.07, 6.45) is 0.166. The zero-order valence-corrected chi connectivity index (χ0v) is 14.9. The Bertz CT molecular complexity index is 741. The summed E-state index contributed by atoms with van der Waals surface area (Å²) < 4.78 is 24.7. The highest BCUT2D eigenvalue weighted by atomic mass is 19.1. The van der Waals surface area contributed by atoms with Crippen molar-refractivity contribution in [2.24, 2.45) is 0 Å². The summed E-state index contributed by atoms with van der Waals surface area (Å²) in [5.41, 5.74) is 1.75. The number of benzene rings is 2. The quantitative estimate of drug-likeness (QED) is 0.745. The molecule has 0 aromatic heterocycles. The summed E-state index contributed by atoms with van der Waals surface area (Å²) >= 11 is 0. The lowest BCUT2D eigenvalue weighted by Gasteiger charge is -2.17. The van der Waals surface area contributed by atoms with E-state index in [1.165, 1.54) is 11.0 Å². The Morgan fingerprint density at radius 3 is 2.54 bits per heavy atom. The third-order valence-corrected chi connectivity index (χ3v) is 3.92. The van der Waals surface area contributed by atoms with Gasteiger partial charge in [-0.2, -0.15) is 0 Å². The number of aryl methyl sites for hydroxylation is 1. The maximum atomic E-state index is 14.1. The summed E-state index contributed by atoms with van der Waals surface area (Å²) in [5.74, 6) is 0.638. The number of hydrogen-bond donors (Lipinski definition) is 0. The minimum absolute atomic E-state index is 0.165. The first-order valence-electron chi connectivity index (χ1n) is 8.07. The van der Waals surface area contributed by atoms with Gasteiger partial charge in [-0.15, -0.1) is 0 Å². The summed E-state index contributed by atoms with van der Waals surface area (Å²) in [5, 5.41) is 1.87. The van der Waals surface area contributed by atoms with E-state index in [0.29, 0.717) is 12.2 Å². The molecule has 0 aliphatic heterocycles. The second-order valence-electron chi connectivity index (χ2n) is 6.21. The van der Waals surface area contributed by atoms with Gasteiger partial charge in [0.2, 0.25) is 6.79 Å². The van der Waals surface area contributed by atoms with Crippen molar-refractivity contribution in [3.8, 4) is 5.75 Å². The number of carbonyl (C=O) groups excluding carboxylic acids is 1. The Labute approximate surface area is 142 Å². The molecule has 0 spiro atoms. The van der Waals surface area contributed by atoms with Crippen LogP contribution in [-0.4, -0.2) is 31.9 Å². The third kappa shape index (κ3) is 3.78. The van der Waals surface area contributed by atoms with Gasteiger partial charge in [0.1, 0.15) is 11.6 Å². The van der Waals surface area contributed by atoms with Gasteiger partial charge >= 0.3 is 6.09 Å². The maximum Gasteiger partial charge on any atom is 0.412 e. The maximum absolute atomic E-state index is 14.1. The predicted octanol–water partition coefficient (Wildman–Crippen LogP) is 4.70. The highest BCUT2D eigenvalue weighted by Crippen LogP contribution is 2.34. The summed E-state index contributed by atoms with van der Waals surface area (Å²) in [6, 6.07) is 6.99. The van der Waals surface area contributed by atoms with E-state index in [1.54, 1.807) is 20.2 Å². The highest BCUT2D eigenvalue weighted by Gasteiger charge is 2.15. The van der Waals surface area contributed by atoms with Crippen LogP contribution in [0.25, 0.3) is 10.8 Å². The van der Waals surface area contributed by atoms with Gasteiger partial charge in [-0.25, -0.2) is 9.18 Å². The first kappa shape index (κ1) is 18.0. The molecule has 1 amide bonds. The van der Waals surface area contributed by atoms with Gasteiger partial charge in [0.15, 0.2) is 0 Å². The van der Waals surface area contributed by atoms with Gasteiger partial charge in [-0.1, -0.05) is 26.8 Å². The fraction of sp³-hybridized carbons (Fsp3) is 0.421. The number of ether oxygens (including phenoxy) is 2. The van der Waals surface area contributed by atoms with Crippen LogP contribution in [0.15, 0.2) is 24.3 Å². The Hall–Kier alpha value is -2.30. The minimum Gasteiger partial charge on any atom is -0.457 e. The van der Waals surface area contributed by atoms with Gasteiger partial charge in [0.25, 0.3) is 0 Å². The van der Waals surface area contributed by atoms with Crippen molar-refractivity contribution >= 4 is 16.9 Å². The molecular formula is C19H24FNO3. The Morgan fingerprint density at radius 2 is 1.96 bits per heavy atom. The molecule has 0 fully saturated rings. The summed E-state index contributed by atoms with van der Waals surface area (Å²) in [6.45, 7) is 5.92. The number of fused-ring (bicyclic) bond motifs is 1. The van der Waals surface area contributed by atoms with Gasteiger partial charge in [-0.05, 0) is 52.4 Å². The lowest BCUT2D eigenvalue weighted by atomic mass is 9.91. The Morgan fingerprint density at radius 1 is 1.25 bits per heavy atom. The summed E-state index contributed by atoms with van der Waals surface area (Å²) in [7, 11) is 3.21. The van der Waals surface area contributed by atoms with Crippen LogP contribution in [0.3, 0.4) is 0 Å². The average Bonchev–Trinajstić information content (AvgIpc) is 2.53. The second-order valence-corrected chi connectivity index (χ2v) is 6.21. The van der Waals surface area contributed by atoms with Crippen LogP contribution in [0.4, 0.5) is 9.18 Å². The zero-order chi connectivity index (χ0) is 17.9. The van der Waals surface area contributed by atoms with Crippen LogP contribution in [0, 0.1) is 5.82 Å². The zero-order valence-electron chi connectivity index (χ0n) is 14.9. The van der Waals surface area contributed by atoms with E-state index < -0.39 is 6.09 Å². The molecule has 24 heavy (non-hydrogen) atoms. The first-order chi connectivity index (χ1) is 11.3. The molecule has 0 atom stereocenters. The molecule has 2 aromatic rings. The molecule has 0 bridgehead atoms. The molecular weight excluding hydrogens is 309 g/mol. The lowest BCUT2D eigenvalue weighted by Crippen LogP contribution is -2.24. The molecule has 0 radical (unpaired) electrons. The number of hydrogen-bond acceptors (Lipinski definition) is 3. The van der Waals surface area contributed by atoms with Gasteiger partial charge in [0.05, 0.1) is 0 Å². The van der Waals surface area contributed by atoms with Crippen molar-refractivity contribution in [1.29, 1.82) is 0 Å². The largest absolute Gasteiger partial charge is 0.457 e. The molecule has 2 aromatic carbocycles. The van der Waals surface area contributed by atoms with Crippen LogP contribution < -0.4 is 4.74 Å². The van der Waals surface area contributed by atoms with E-state index in [1.807, 2.05) is 19.1 Å². The van der Waals surface area contributed by atoms with E-state index >= 15 is 0 Å². The standard InChI is InChI=1S/C19H24FNO3/c1-6-15-17(20)8-7-13-9-14(10-16(12(2)3)18(13)15)23-11-24-19(22)21(4)5/h7-10,12H,6,11H2,1-5H3. The third-order valence-electron chi connectivity index (χ3n) is 3.92. The van der Waals surface area contributed by atoms with Crippen LogP contribution in [0.5, 0.6) is 5.75 Å². The Kier molecular flexibility index (Phi) is 5.65. The van der Waals surface area contributed by atoms with Crippen molar-refractivity contribution in [3.05, 3.63) is 41.2 Å². The molecule has 130 valence electrons. The molecule has 0 heterocycles. The van der Waals surface area contributed by atoms with E-state index in [4.69, 9.17) is 9.47 Å². The van der Waals surface area contributed by atoms with Crippen molar-refractivity contribution in [2.45, 2.75) is 33.1 Å². The van der Waals surface area contributed by atoms with E-state index in [-0.39, 0.29) is 18.5 Å². The van der Waals surface area contributed by atoms with Crippen molar-refractivity contribution in [1.82, 2.24) is 4.90 Å². The van der Waals surface area contributed by atoms with Gasteiger partial charge < -0.3 is 14.4 Å². The number of rotatable bonds is 5. The number of amides is 1. The molecule has 0 N–H and O–H groups in total. The lowest BCUT2D eigenvalue weighted by molar-refractivity contribution is 0.0433. The van der Waals surface area contributed by atoms with Crippen LogP contribution in [0.2, 0.25) is 0 Å². The number of nitrogens with zero attached hydrogens (tertiary/aromatic N) is 1. The molecule has 4 nitrogen and oxygen atoms in total. The van der Waals surface area contributed by atoms with Crippen LogP contribution in [-0.2, 0) is 11.2 Å². The normalized spacial score (nSPS) is 11.0. The van der Waals surface area contributed by atoms with Gasteiger partial charge in [0, 0.05) is 14.1 Å². The predicted molar refractivity (Wildman–Crippen MR) is 93.0 cm³/mol. The SMILES string of the molecule is CCc1c(F)ccc2cc(OCOC(=O)N(C)C)cc(C(C)C)c12. The van der Waals surface area contributed by atoms with Crippen molar-refractivity contribution < 1.29 is 18.7 Å². The molecule has 2 rings (SSSR count). The number of halogens is 1. The average molecular weight is 333 g/mol. The van der Waals surface area contributed by atoms with E-state index in [2.05, 4.69) is 13.8 Å². The molecule has 0 saturated heterocycles. The Balaban J connectivity index is 2.37. The summed E-state index contributed by atoms with van der Waals surface area (Å²) in [4.78, 5) is 12.8. The minimum atomic E-state index is -0.463. The van der Waals surface area contributed by atoms with Gasteiger partial charge in [-0.3, -0.25) is 0 Å². The monoisotopic (exact) mass is 333 g/mol. The molecule has 0 aliphatic carbocycles. The topological polar surface area (TPSA) is 38.8 Å².